The van der Waals surface area contributed by atoms with Crippen LogP contribution in [0.15, 0.2) is 21.4 Å². The second kappa shape index (κ2) is 5.00. The Morgan fingerprint density at radius 1 is 1.16 bits per heavy atom. The van der Waals surface area contributed by atoms with E-state index in [1.54, 1.807) is 4.68 Å². The summed E-state index contributed by atoms with van der Waals surface area (Å²) < 4.78 is 2.27. The van der Waals surface area contributed by atoms with Crippen molar-refractivity contribution in [3.05, 3.63) is 49.3 Å². The fraction of sp³-hybridized carbons (Fsp3) is 0.400. The number of nitrogens with zero attached hydrogens (tertiary/aromatic N) is 1. The molecule has 0 bridgehead atoms. The van der Waals surface area contributed by atoms with Gasteiger partial charge in [-0.3, -0.25) is 9.89 Å². The number of rotatable bonds is 2. The van der Waals surface area contributed by atoms with Crippen molar-refractivity contribution in [3.63, 3.8) is 0 Å². The second-order valence-electron chi connectivity index (χ2n) is 5.38. The quantitative estimate of drug-likeness (QED) is 0.892. The van der Waals surface area contributed by atoms with Crippen LogP contribution < -0.4 is 5.56 Å². The van der Waals surface area contributed by atoms with Gasteiger partial charge in [-0.1, -0.05) is 31.5 Å². The van der Waals surface area contributed by atoms with Crippen LogP contribution in [0.2, 0.25) is 0 Å². The number of hydrogen-bond donors (Lipinski definition) is 1. The first kappa shape index (κ1) is 14.1. The van der Waals surface area contributed by atoms with Gasteiger partial charge >= 0.3 is 0 Å². The molecule has 0 atom stereocenters. The lowest BCUT2D eigenvalue weighted by Crippen LogP contribution is -2.17. The highest BCUT2D eigenvalue weighted by atomic mass is 79.9. The SMILES string of the molecule is Cc1cc(C)c(-n2[nH]c(C(C)C)c(Br)c2=O)c(C)c1. The van der Waals surface area contributed by atoms with Crippen LogP contribution in [0.4, 0.5) is 0 Å². The molecule has 4 heteroatoms. The minimum atomic E-state index is -0.0289. The van der Waals surface area contributed by atoms with Gasteiger partial charge in [-0.15, -0.1) is 0 Å². The molecule has 3 nitrogen and oxygen atoms in total. The van der Waals surface area contributed by atoms with Crippen molar-refractivity contribution >= 4 is 15.9 Å². The number of hydrogen-bond acceptors (Lipinski definition) is 1. The molecule has 19 heavy (non-hydrogen) atoms. The molecule has 102 valence electrons. The molecule has 1 N–H and O–H groups in total. The lowest BCUT2D eigenvalue weighted by molar-refractivity contribution is 0.754. The molecule has 0 amide bonds. The molecule has 0 aliphatic rings. The maximum absolute atomic E-state index is 12.4. The van der Waals surface area contributed by atoms with Gasteiger partial charge in [0.25, 0.3) is 5.56 Å². The fourth-order valence-corrected chi connectivity index (χ4v) is 3.22. The first-order valence-electron chi connectivity index (χ1n) is 6.41. The third kappa shape index (κ3) is 2.41. The van der Waals surface area contributed by atoms with Crippen LogP contribution in [0.1, 0.15) is 42.1 Å². The fourth-order valence-electron chi connectivity index (χ4n) is 2.50. The average Bonchev–Trinajstić information content (AvgIpc) is 2.56. The van der Waals surface area contributed by atoms with Crippen LogP contribution in [-0.4, -0.2) is 9.78 Å². The number of H-pyrrole nitrogens is 1. The van der Waals surface area contributed by atoms with Gasteiger partial charge < -0.3 is 0 Å². The molecule has 2 rings (SSSR count). The summed E-state index contributed by atoms with van der Waals surface area (Å²) in [5, 5.41) is 3.22. The molecule has 0 radical (unpaired) electrons. The summed E-state index contributed by atoms with van der Waals surface area (Å²) >= 11 is 3.40. The summed E-state index contributed by atoms with van der Waals surface area (Å²) in [6, 6.07) is 4.19. The molecule has 2 aromatic rings. The number of nitrogens with one attached hydrogen (secondary N) is 1. The van der Waals surface area contributed by atoms with Gasteiger partial charge in [0.1, 0.15) is 4.47 Å². The molecule has 1 aromatic carbocycles. The highest BCUT2D eigenvalue weighted by Crippen LogP contribution is 2.24. The van der Waals surface area contributed by atoms with Crippen LogP contribution in [0.5, 0.6) is 0 Å². The summed E-state index contributed by atoms with van der Waals surface area (Å²) in [5.41, 5.74) is 5.26. The van der Waals surface area contributed by atoms with Crippen LogP contribution in [-0.2, 0) is 0 Å². The van der Waals surface area contributed by atoms with E-state index in [4.69, 9.17) is 0 Å². The van der Waals surface area contributed by atoms with Gasteiger partial charge in [0.2, 0.25) is 0 Å². The van der Waals surface area contributed by atoms with E-state index in [-0.39, 0.29) is 11.5 Å². The minimum Gasteiger partial charge on any atom is -0.294 e. The van der Waals surface area contributed by atoms with Crippen molar-refractivity contribution in [2.75, 3.05) is 0 Å². The molecule has 0 spiro atoms. The molecule has 1 heterocycles. The summed E-state index contributed by atoms with van der Waals surface area (Å²) in [7, 11) is 0. The Morgan fingerprint density at radius 3 is 2.11 bits per heavy atom. The van der Waals surface area contributed by atoms with Gasteiger partial charge in [-0.05, 0) is 53.7 Å². The standard InChI is InChI=1S/C15H19BrN2O/c1-8(2)13-12(16)15(19)18(17-13)14-10(4)6-9(3)7-11(14)5/h6-8,17H,1-5H3. The maximum Gasteiger partial charge on any atom is 0.285 e. The normalized spacial score (nSPS) is 11.3. The summed E-state index contributed by atoms with van der Waals surface area (Å²) in [4.78, 5) is 12.4. The minimum absolute atomic E-state index is 0.0289. The van der Waals surface area contributed by atoms with Crippen LogP contribution in [0.25, 0.3) is 5.69 Å². The molecule has 0 aliphatic carbocycles. The first-order valence-corrected chi connectivity index (χ1v) is 7.21. The number of aromatic amines is 1. The zero-order valence-corrected chi connectivity index (χ0v) is 13.6. The molecule has 0 unspecified atom stereocenters. The third-order valence-corrected chi connectivity index (χ3v) is 4.06. The second-order valence-corrected chi connectivity index (χ2v) is 6.18. The van der Waals surface area contributed by atoms with Crippen molar-refractivity contribution in [2.24, 2.45) is 0 Å². The number of aryl methyl sites for hydroxylation is 3. The van der Waals surface area contributed by atoms with E-state index in [2.05, 4.69) is 53.9 Å². The Labute approximate surface area is 121 Å². The lowest BCUT2D eigenvalue weighted by Gasteiger charge is -2.11. The lowest BCUT2D eigenvalue weighted by atomic mass is 10.1. The van der Waals surface area contributed by atoms with Gasteiger partial charge in [-0.2, -0.15) is 0 Å². The maximum atomic E-state index is 12.4. The molecular weight excluding hydrogens is 304 g/mol. The zero-order chi connectivity index (χ0) is 14.3. The van der Waals surface area contributed by atoms with E-state index >= 15 is 0 Å². The van der Waals surface area contributed by atoms with Crippen LogP contribution in [0, 0.1) is 20.8 Å². The highest BCUT2D eigenvalue weighted by Gasteiger charge is 2.17. The Balaban J connectivity index is 2.74. The first-order chi connectivity index (χ1) is 8.82. The topological polar surface area (TPSA) is 37.8 Å². The Hall–Kier alpha value is -1.29. The molecule has 1 aromatic heterocycles. The third-order valence-electron chi connectivity index (χ3n) is 3.30. The Bertz CT molecular complexity index is 657. The van der Waals surface area contributed by atoms with Gasteiger partial charge in [0.15, 0.2) is 0 Å². The smallest absolute Gasteiger partial charge is 0.285 e. The van der Waals surface area contributed by atoms with E-state index in [1.807, 2.05) is 13.8 Å². The van der Waals surface area contributed by atoms with Gasteiger partial charge in [-0.25, -0.2) is 4.68 Å². The number of benzene rings is 1. The Kier molecular flexibility index (Phi) is 3.72. The Morgan fingerprint density at radius 2 is 1.68 bits per heavy atom. The van der Waals surface area contributed by atoms with Gasteiger partial charge in [0, 0.05) is 0 Å². The summed E-state index contributed by atoms with van der Waals surface area (Å²) in [5.74, 6) is 0.273. The predicted molar refractivity (Wildman–Crippen MR) is 82.4 cm³/mol. The molecule has 0 aliphatic heterocycles. The molecule has 0 saturated heterocycles. The average molecular weight is 323 g/mol. The van der Waals surface area contributed by atoms with E-state index < -0.39 is 0 Å². The molecule has 0 saturated carbocycles. The zero-order valence-electron chi connectivity index (χ0n) is 12.0. The van der Waals surface area contributed by atoms with Crippen molar-refractivity contribution in [1.29, 1.82) is 0 Å². The monoisotopic (exact) mass is 322 g/mol. The number of aromatic nitrogens is 2. The highest BCUT2D eigenvalue weighted by molar-refractivity contribution is 9.10. The van der Waals surface area contributed by atoms with E-state index in [1.165, 1.54) is 5.56 Å². The predicted octanol–water partition coefficient (Wildman–Crippen LogP) is 3.98. The van der Waals surface area contributed by atoms with E-state index in [9.17, 15) is 4.79 Å². The van der Waals surface area contributed by atoms with Crippen molar-refractivity contribution in [3.8, 4) is 5.69 Å². The summed E-state index contributed by atoms with van der Waals surface area (Å²) in [6.45, 7) is 10.3. The molecular formula is C15H19BrN2O. The van der Waals surface area contributed by atoms with Crippen molar-refractivity contribution in [2.45, 2.75) is 40.5 Å². The van der Waals surface area contributed by atoms with Crippen molar-refractivity contribution in [1.82, 2.24) is 9.78 Å². The van der Waals surface area contributed by atoms with E-state index in [0.29, 0.717) is 4.47 Å². The van der Waals surface area contributed by atoms with Crippen LogP contribution >= 0.6 is 15.9 Å². The van der Waals surface area contributed by atoms with Gasteiger partial charge in [0.05, 0.1) is 11.4 Å². The number of halogens is 1. The molecule has 0 fully saturated rings. The van der Waals surface area contributed by atoms with Crippen molar-refractivity contribution < 1.29 is 0 Å². The summed E-state index contributed by atoms with van der Waals surface area (Å²) in [6.07, 6.45) is 0. The largest absolute Gasteiger partial charge is 0.294 e. The van der Waals surface area contributed by atoms with E-state index in [0.717, 1.165) is 22.5 Å². The van der Waals surface area contributed by atoms with Crippen LogP contribution in [0.3, 0.4) is 0 Å².